The maximum Gasteiger partial charge on any atom is 0.114 e. The number of hydrogen-bond acceptors (Lipinski definition) is 7. The van der Waals surface area contributed by atoms with Crippen molar-refractivity contribution in [3.63, 3.8) is 0 Å². The van der Waals surface area contributed by atoms with E-state index in [1.54, 1.807) is 0 Å². The molecule has 7 heteroatoms. The molecule has 0 saturated carbocycles. The second-order valence-corrected chi connectivity index (χ2v) is 5.78. The first-order valence-corrected chi connectivity index (χ1v) is 6.13. The molecule has 0 aromatic rings. The van der Waals surface area contributed by atoms with Crippen molar-refractivity contribution >= 4 is 0 Å². The minimum atomic E-state index is -1.51. The van der Waals surface area contributed by atoms with E-state index in [1.807, 2.05) is 0 Å². The summed E-state index contributed by atoms with van der Waals surface area (Å²) in [5, 5.41) is 57.1. The summed E-state index contributed by atoms with van der Waals surface area (Å²) >= 11 is 0. The topological polar surface area (TPSA) is 131 Å². The van der Waals surface area contributed by atoms with E-state index >= 15 is 0 Å². The lowest BCUT2D eigenvalue weighted by Crippen LogP contribution is -2.56. The molecule has 19 heavy (non-hydrogen) atoms. The molecule has 0 aliphatic carbocycles. The van der Waals surface area contributed by atoms with E-state index in [1.165, 1.54) is 27.7 Å². The Bertz CT molecular complexity index is 230. The Morgan fingerprint density at radius 1 is 0.789 bits per heavy atom. The van der Waals surface area contributed by atoms with Gasteiger partial charge in [0.15, 0.2) is 0 Å². The maximum atomic E-state index is 9.93. The van der Waals surface area contributed by atoms with Gasteiger partial charge in [-0.1, -0.05) is 0 Å². The molecule has 0 saturated heterocycles. The van der Waals surface area contributed by atoms with Crippen LogP contribution < -0.4 is 0 Å². The van der Waals surface area contributed by atoms with Crippen molar-refractivity contribution in [1.82, 2.24) is 0 Å². The van der Waals surface area contributed by atoms with Gasteiger partial charge < -0.3 is 35.4 Å². The van der Waals surface area contributed by atoms with Crippen LogP contribution in [0.4, 0.5) is 0 Å². The highest BCUT2D eigenvalue weighted by atomic mass is 16.6. The van der Waals surface area contributed by atoms with Crippen LogP contribution in [-0.4, -0.2) is 79.5 Å². The largest absolute Gasteiger partial charge is 0.394 e. The van der Waals surface area contributed by atoms with Crippen molar-refractivity contribution in [2.45, 2.75) is 63.3 Å². The molecule has 0 spiro atoms. The molecule has 0 rings (SSSR count). The molecule has 0 radical (unpaired) electrons. The van der Waals surface area contributed by atoms with Gasteiger partial charge in [-0.3, -0.25) is 0 Å². The summed E-state index contributed by atoms with van der Waals surface area (Å²) in [5.74, 6) is 0. The van der Waals surface area contributed by atoms with Crippen LogP contribution in [-0.2, 0) is 4.74 Å². The van der Waals surface area contributed by atoms with Crippen LogP contribution in [0, 0.1) is 0 Å². The van der Waals surface area contributed by atoms with Gasteiger partial charge in [-0.05, 0) is 27.7 Å². The van der Waals surface area contributed by atoms with Crippen molar-refractivity contribution in [2.24, 2.45) is 0 Å². The molecule has 0 amide bonds. The van der Waals surface area contributed by atoms with Crippen molar-refractivity contribution in [3.8, 4) is 0 Å². The molecular formula is C12H26O7. The first kappa shape index (κ1) is 18.7. The normalized spacial score (nSPS) is 19.9. The van der Waals surface area contributed by atoms with E-state index in [4.69, 9.17) is 14.9 Å². The van der Waals surface area contributed by atoms with Crippen LogP contribution in [0.5, 0.6) is 0 Å². The lowest BCUT2D eigenvalue weighted by atomic mass is 9.93. The lowest BCUT2D eigenvalue weighted by molar-refractivity contribution is -0.228. The van der Waals surface area contributed by atoms with E-state index in [9.17, 15) is 20.4 Å². The fourth-order valence-electron chi connectivity index (χ4n) is 1.81. The average Bonchev–Trinajstić information content (AvgIpc) is 2.24. The second-order valence-electron chi connectivity index (χ2n) is 5.78. The van der Waals surface area contributed by atoms with Gasteiger partial charge in [0.2, 0.25) is 0 Å². The summed E-state index contributed by atoms with van der Waals surface area (Å²) in [7, 11) is 0. The molecule has 7 nitrogen and oxygen atoms in total. The van der Waals surface area contributed by atoms with Gasteiger partial charge in [-0.2, -0.15) is 0 Å². The smallest absolute Gasteiger partial charge is 0.114 e. The number of hydrogen-bond donors (Lipinski definition) is 6. The van der Waals surface area contributed by atoms with Gasteiger partial charge in [-0.25, -0.2) is 0 Å². The summed E-state index contributed by atoms with van der Waals surface area (Å²) in [6, 6.07) is 0. The highest BCUT2D eigenvalue weighted by Gasteiger charge is 2.42. The van der Waals surface area contributed by atoms with Crippen molar-refractivity contribution in [2.75, 3.05) is 13.2 Å². The minimum Gasteiger partial charge on any atom is -0.394 e. The fourth-order valence-corrected chi connectivity index (χ4v) is 1.81. The zero-order valence-electron chi connectivity index (χ0n) is 11.8. The highest BCUT2D eigenvalue weighted by Crippen LogP contribution is 2.24. The Labute approximate surface area is 113 Å². The predicted molar refractivity (Wildman–Crippen MR) is 67.4 cm³/mol. The Kier molecular flexibility index (Phi) is 6.84. The zero-order chi connectivity index (χ0) is 15.4. The van der Waals surface area contributed by atoms with Crippen LogP contribution in [0.25, 0.3) is 0 Å². The second kappa shape index (κ2) is 6.94. The third-order valence-electron chi connectivity index (χ3n) is 2.76. The Morgan fingerprint density at radius 2 is 1.05 bits per heavy atom. The molecule has 4 unspecified atom stereocenters. The SMILES string of the molecule is CC(C)(O)C(OC(C(O)CO)C(C)(C)O)C(O)CO. The molecule has 4 atom stereocenters. The first-order valence-electron chi connectivity index (χ1n) is 6.13. The van der Waals surface area contributed by atoms with Crippen LogP contribution >= 0.6 is 0 Å². The molecule has 0 aliphatic rings. The highest BCUT2D eigenvalue weighted by molar-refractivity contribution is 4.91. The number of rotatable bonds is 8. The molecular weight excluding hydrogens is 256 g/mol. The van der Waals surface area contributed by atoms with Crippen molar-refractivity contribution in [1.29, 1.82) is 0 Å². The third-order valence-corrected chi connectivity index (χ3v) is 2.76. The summed E-state index contributed by atoms with van der Waals surface area (Å²) in [5.41, 5.74) is -3.03. The van der Waals surface area contributed by atoms with Gasteiger partial charge in [-0.15, -0.1) is 0 Å². The van der Waals surface area contributed by atoms with Gasteiger partial charge >= 0.3 is 0 Å². The van der Waals surface area contributed by atoms with Crippen LogP contribution in [0.1, 0.15) is 27.7 Å². The van der Waals surface area contributed by atoms with E-state index in [0.717, 1.165) is 0 Å². The van der Waals surface area contributed by atoms with Crippen molar-refractivity contribution < 1.29 is 35.4 Å². The van der Waals surface area contributed by atoms with Gasteiger partial charge in [0, 0.05) is 0 Å². The third kappa shape index (κ3) is 5.70. The number of ether oxygens (including phenoxy) is 1. The van der Waals surface area contributed by atoms with Gasteiger partial charge in [0.1, 0.15) is 24.4 Å². The zero-order valence-corrected chi connectivity index (χ0v) is 11.8. The summed E-state index contributed by atoms with van der Waals surface area (Å²) in [6.07, 6.45) is -5.27. The van der Waals surface area contributed by atoms with Crippen molar-refractivity contribution in [3.05, 3.63) is 0 Å². The monoisotopic (exact) mass is 282 g/mol. The van der Waals surface area contributed by atoms with Crippen LogP contribution in [0.2, 0.25) is 0 Å². The lowest BCUT2D eigenvalue weighted by Gasteiger charge is -2.40. The molecule has 0 aromatic heterocycles. The molecule has 0 aliphatic heterocycles. The molecule has 0 fully saturated rings. The summed E-state index contributed by atoms with van der Waals surface area (Å²) < 4.78 is 5.36. The number of aliphatic hydroxyl groups excluding tert-OH is 4. The van der Waals surface area contributed by atoms with Crippen LogP contribution in [0.15, 0.2) is 0 Å². The average molecular weight is 282 g/mol. The Balaban J connectivity index is 5.16. The first-order chi connectivity index (χ1) is 8.45. The predicted octanol–water partition coefficient (Wildman–Crippen LogP) is -2.01. The standard InChI is InChI=1S/C12H26O7/c1-11(2,17)9(7(15)5-13)19-10(8(16)6-14)12(3,4)18/h7-10,13-18H,5-6H2,1-4H3. The van der Waals surface area contributed by atoms with E-state index in [2.05, 4.69) is 0 Å². The van der Waals surface area contributed by atoms with E-state index in [0.29, 0.717) is 0 Å². The minimum absolute atomic E-state index is 0.650. The van der Waals surface area contributed by atoms with Gasteiger partial charge in [0.05, 0.1) is 24.4 Å². The Morgan fingerprint density at radius 3 is 1.21 bits per heavy atom. The molecule has 0 bridgehead atoms. The quantitative estimate of drug-likeness (QED) is 0.303. The fraction of sp³-hybridized carbons (Fsp3) is 1.00. The maximum absolute atomic E-state index is 9.93. The summed E-state index contributed by atoms with van der Waals surface area (Å²) in [4.78, 5) is 0. The molecule has 0 heterocycles. The van der Waals surface area contributed by atoms with Gasteiger partial charge in [0.25, 0.3) is 0 Å². The van der Waals surface area contributed by atoms with E-state index < -0.39 is 48.8 Å². The number of aliphatic hydroxyl groups is 6. The Hall–Kier alpha value is -0.280. The molecule has 0 aromatic carbocycles. The van der Waals surface area contributed by atoms with Crippen LogP contribution in [0.3, 0.4) is 0 Å². The molecule has 116 valence electrons. The summed E-state index contributed by atoms with van der Waals surface area (Å²) in [6.45, 7) is 4.16. The molecule has 6 N–H and O–H groups in total. The van der Waals surface area contributed by atoms with E-state index in [-0.39, 0.29) is 0 Å².